The van der Waals surface area contributed by atoms with Gasteiger partial charge in [-0.15, -0.1) is 0 Å². The number of nitrogens with one attached hydrogen (secondary N) is 1. The first-order valence-electron chi connectivity index (χ1n) is 5.97. The third kappa shape index (κ3) is 3.27. The summed E-state index contributed by atoms with van der Waals surface area (Å²) in [6.07, 6.45) is 9.00. The first-order chi connectivity index (χ1) is 7.74. The fourth-order valence-electron chi connectivity index (χ4n) is 2.38. The van der Waals surface area contributed by atoms with Gasteiger partial charge < -0.3 is 10.7 Å². The molecule has 0 aliphatic heterocycles. The van der Waals surface area contributed by atoms with Crippen molar-refractivity contribution in [3.05, 3.63) is 10.6 Å². The summed E-state index contributed by atoms with van der Waals surface area (Å²) in [6.45, 7) is 0. The molecule has 0 spiro atoms. The third-order valence-electron chi connectivity index (χ3n) is 3.23. The second kappa shape index (κ2) is 5.39. The number of hydrogen-bond acceptors (Lipinski definition) is 4. The molecule has 5 heteroatoms. The summed E-state index contributed by atoms with van der Waals surface area (Å²) >= 11 is 4.94. The van der Waals surface area contributed by atoms with Crippen LogP contribution >= 0.6 is 12.2 Å². The van der Waals surface area contributed by atoms with Crippen molar-refractivity contribution in [1.29, 1.82) is 0 Å². The summed E-state index contributed by atoms with van der Waals surface area (Å²) in [5.74, 6) is 2.11. The first kappa shape index (κ1) is 11.5. The number of hydrogen-bond donors (Lipinski definition) is 2. The Labute approximate surface area is 101 Å². The Bertz CT molecular complexity index is 395. The minimum absolute atomic E-state index is 0.342. The Kier molecular flexibility index (Phi) is 3.88. The molecule has 0 aromatic carbocycles. The van der Waals surface area contributed by atoms with Crippen LogP contribution in [-0.4, -0.2) is 15.0 Å². The number of nitrogens with zero attached hydrogens (tertiary/aromatic N) is 2. The van der Waals surface area contributed by atoms with Crippen LogP contribution < -0.4 is 5.73 Å². The Balaban J connectivity index is 1.90. The highest BCUT2D eigenvalue weighted by molar-refractivity contribution is 7.71. The number of nitrogen functional groups attached to an aromatic ring is 1. The van der Waals surface area contributed by atoms with Crippen molar-refractivity contribution >= 4 is 18.2 Å². The van der Waals surface area contributed by atoms with E-state index in [1.54, 1.807) is 0 Å². The molecule has 88 valence electrons. The van der Waals surface area contributed by atoms with Crippen LogP contribution in [0.4, 0.5) is 5.95 Å². The van der Waals surface area contributed by atoms with E-state index in [4.69, 9.17) is 18.0 Å². The molecule has 1 aromatic heterocycles. The van der Waals surface area contributed by atoms with Crippen molar-refractivity contribution < 1.29 is 0 Å². The van der Waals surface area contributed by atoms with Crippen LogP contribution in [0.25, 0.3) is 0 Å². The molecule has 1 fully saturated rings. The lowest BCUT2D eigenvalue weighted by Gasteiger charge is -2.20. The van der Waals surface area contributed by atoms with Crippen molar-refractivity contribution in [2.75, 3.05) is 5.73 Å². The van der Waals surface area contributed by atoms with E-state index in [2.05, 4.69) is 15.0 Å². The van der Waals surface area contributed by atoms with E-state index in [0.29, 0.717) is 10.7 Å². The molecule has 0 amide bonds. The summed E-state index contributed by atoms with van der Waals surface area (Å²) in [4.78, 5) is 11.0. The van der Waals surface area contributed by atoms with Gasteiger partial charge in [-0.2, -0.15) is 4.98 Å². The molecular weight excluding hydrogens is 220 g/mol. The zero-order valence-electron chi connectivity index (χ0n) is 9.41. The monoisotopic (exact) mass is 238 g/mol. The zero-order valence-corrected chi connectivity index (χ0v) is 10.2. The highest BCUT2D eigenvalue weighted by Gasteiger charge is 2.13. The molecule has 0 bridgehead atoms. The van der Waals surface area contributed by atoms with Gasteiger partial charge in [0.15, 0.2) is 0 Å². The molecule has 1 aliphatic rings. The molecule has 1 saturated carbocycles. The second-order valence-corrected chi connectivity index (χ2v) is 4.87. The average molecular weight is 238 g/mol. The van der Waals surface area contributed by atoms with Gasteiger partial charge in [-0.05, 0) is 24.6 Å². The molecule has 1 aliphatic carbocycles. The summed E-state index contributed by atoms with van der Waals surface area (Å²) in [5, 5.41) is 0. The maximum Gasteiger partial charge on any atom is 0.224 e. The molecule has 0 atom stereocenters. The molecule has 1 heterocycles. The van der Waals surface area contributed by atoms with Gasteiger partial charge in [-0.25, -0.2) is 4.98 Å². The number of H-pyrrole nitrogens is 1. The van der Waals surface area contributed by atoms with E-state index in [1.165, 1.54) is 38.5 Å². The highest BCUT2D eigenvalue weighted by Crippen LogP contribution is 2.26. The van der Waals surface area contributed by atoms with E-state index < -0.39 is 0 Å². The smallest absolute Gasteiger partial charge is 0.224 e. The quantitative estimate of drug-likeness (QED) is 0.794. The van der Waals surface area contributed by atoms with Crippen LogP contribution in [0.5, 0.6) is 0 Å². The molecule has 0 saturated heterocycles. The average Bonchev–Trinajstić information content (AvgIpc) is 2.27. The fraction of sp³-hybridized carbons (Fsp3) is 0.727. The zero-order chi connectivity index (χ0) is 11.4. The van der Waals surface area contributed by atoms with Crippen molar-refractivity contribution in [2.24, 2.45) is 5.92 Å². The molecule has 0 unspecified atom stereocenters. The van der Waals surface area contributed by atoms with E-state index >= 15 is 0 Å². The van der Waals surface area contributed by atoms with Gasteiger partial charge in [0, 0.05) is 6.42 Å². The van der Waals surface area contributed by atoms with Crippen LogP contribution in [0.15, 0.2) is 0 Å². The summed E-state index contributed by atoms with van der Waals surface area (Å²) in [7, 11) is 0. The maximum absolute atomic E-state index is 5.59. The SMILES string of the molecule is Nc1nc(=S)nc(CCC2CCCCC2)[nH]1. The van der Waals surface area contributed by atoms with Crippen molar-refractivity contribution in [3.63, 3.8) is 0 Å². The lowest BCUT2D eigenvalue weighted by Crippen LogP contribution is -2.09. The molecule has 2 rings (SSSR count). The predicted octanol–water partition coefficient (Wildman–Crippen LogP) is 2.63. The van der Waals surface area contributed by atoms with E-state index in [0.717, 1.165) is 18.2 Å². The highest BCUT2D eigenvalue weighted by atomic mass is 32.1. The molecular formula is C11H18N4S. The van der Waals surface area contributed by atoms with Gasteiger partial charge in [0.1, 0.15) is 5.82 Å². The van der Waals surface area contributed by atoms with Crippen LogP contribution in [0.3, 0.4) is 0 Å². The standard InChI is InChI=1S/C11H18N4S/c12-10-13-9(14-11(16)15-10)7-6-8-4-2-1-3-5-8/h8H,1-7H2,(H3,12,13,14,15,16). The Morgan fingerprint density at radius 3 is 2.69 bits per heavy atom. The molecule has 4 nitrogen and oxygen atoms in total. The van der Waals surface area contributed by atoms with Gasteiger partial charge in [-0.1, -0.05) is 32.1 Å². The molecule has 0 radical (unpaired) electrons. The third-order valence-corrected chi connectivity index (χ3v) is 3.42. The fourth-order valence-corrected chi connectivity index (χ4v) is 2.59. The second-order valence-electron chi connectivity index (χ2n) is 4.51. The molecule has 3 N–H and O–H groups in total. The van der Waals surface area contributed by atoms with Crippen LogP contribution in [0.2, 0.25) is 0 Å². The first-order valence-corrected chi connectivity index (χ1v) is 6.37. The largest absolute Gasteiger partial charge is 0.369 e. The maximum atomic E-state index is 5.59. The summed E-state index contributed by atoms with van der Waals surface area (Å²) in [6, 6.07) is 0. The number of rotatable bonds is 3. The topological polar surface area (TPSA) is 67.6 Å². The van der Waals surface area contributed by atoms with E-state index in [9.17, 15) is 0 Å². The summed E-state index contributed by atoms with van der Waals surface area (Å²) in [5.41, 5.74) is 5.59. The lowest BCUT2D eigenvalue weighted by atomic mass is 9.86. The van der Waals surface area contributed by atoms with Crippen LogP contribution in [0, 0.1) is 10.7 Å². The van der Waals surface area contributed by atoms with Gasteiger partial charge in [-0.3, -0.25) is 0 Å². The number of aromatic amines is 1. The Morgan fingerprint density at radius 2 is 2.00 bits per heavy atom. The number of nitrogens with two attached hydrogens (primary N) is 1. The van der Waals surface area contributed by atoms with Gasteiger partial charge >= 0.3 is 0 Å². The number of aromatic nitrogens is 3. The lowest BCUT2D eigenvalue weighted by molar-refractivity contribution is 0.337. The number of aryl methyl sites for hydroxylation is 1. The molecule has 16 heavy (non-hydrogen) atoms. The van der Waals surface area contributed by atoms with Crippen molar-refractivity contribution in [2.45, 2.75) is 44.9 Å². The Morgan fingerprint density at radius 1 is 1.25 bits per heavy atom. The minimum atomic E-state index is 0.342. The Hall–Kier alpha value is -0.970. The van der Waals surface area contributed by atoms with Gasteiger partial charge in [0.2, 0.25) is 10.7 Å². The van der Waals surface area contributed by atoms with Crippen molar-refractivity contribution in [1.82, 2.24) is 15.0 Å². The van der Waals surface area contributed by atoms with Crippen LogP contribution in [0.1, 0.15) is 44.3 Å². The molecule has 1 aromatic rings. The van der Waals surface area contributed by atoms with E-state index in [-0.39, 0.29) is 0 Å². The summed E-state index contributed by atoms with van der Waals surface area (Å²) < 4.78 is 0.342. The van der Waals surface area contributed by atoms with Crippen LogP contribution in [-0.2, 0) is 6.42 Å². The number of anilines is 1. The van der Waals surface area contributed by atoms with E-state index in [1.807, 2.05) is 0 Å². The van der Waals surface area contributed by atoms with Crippen molar-refractivity contribution in [3.8, 4) is 0 Å². The normalized spacial score (nSPS) is 17.5. The van der Waals surface area contributed by atoms with Gasteiger partial charge in [0.05, 0.1) is 0 Å². The van der Waals surface area contributed by atoms with Gasteiger partial charge in [0.25, 0.3) is 0 Å². The minimum Gasteiger partial charge on any atom is -0.369 e. The predicted molar refractivity (Wildman–Crippen MR) is 66.5 cm³/mol.